The van der Waals surface area contributed by atoms with E-state index >= 15 is 0 Å². The van der Waals surface area contributed by atoms with Gasteiger partial charge >= 0.3 is 0 Å². The number of H-pyrrole nitrogens is 1. The lowest BCUT2D eigenvalue weighted by Gasteiger charge is -2.38. The summed E-state index contributed by atoms with van der Waals surface area (Å²) >= 11 is 0. The number of para-hydroxylation sites is 1. The molecule has 1 aromatic heterocycles. The number of nitrogens with zero attached hydrogens (tertiary/aromatic N) is 5. The molecule has 0 radical (unpaired) electrons. The van der Waals surface area contributed by atoms with Gasteiger partial charge in [-0.2, -0.15) is 20.4 Å². The number of nitrogens with one attached hydrogen (secondary N) is 1. The second kappa shape index (κ2) is 7.29. The van der Waals surface area contributed by atoms with E-state index in [9.17, 15) is 4.79 Å². The normalized spacial score (nSPS) is 20.1. The summed E-state index contributed by atoms with van der Waals surface area (Å²) < 4.78 is 0. The lowest BCUT2D eigenvalue weighted by molar-refractivity contribution is 0.0610. The fourth-order valence-corrected chi connectivity index (χ4v) is 3.33. The Morgan fingerprint density at radius 1 is 1.32 bits per heavy atom. The van der Waals surface area contributed by atoms with E-state index in [1.54, 1.807) is 12.1 Å². The van der Waals surface area contributed by atoms with Crippen LogP contribution in [0.5, 0.6) is 0 Å². The van der Waals surface area contributed by atoms with Crippen LogP contribution in [0.15, 0.2) is 46.9 Å². The highest BCUT2D eigenvalue weighted by Crippen LogP contribution is 2.32. The molecule has 0 aliphatic carbocycles. The number of anilines is 1. The molecular weight excluding hydrogens is 316 g/mol. The summed E-state index contributed by atoms with van der Waals surface area (Å²) in [5.74, 6) is 0.255. The molecule has 7 heteroatoms. The van der Waals surface area contributed by atoms with Crippen molar-refractivity contribution in [3.8, 4) is 0 Å². The summed E-state index contributed by atoms with van der Waals surface area (Å²) in [5.41, 5.74) is 2.26. The van der Waals surface area contributed by atoms with Crippen molar-refractivity contribution in [3.63, 3.8) is 0 Å². The van der Waals surface area contributed by atoms with Crippen LogP contribution in [-0.2, 0) is 0 Å². The van der Waals surface area contributed by atoms with Crippen molar-refractivity contribution < 1.29 is 4.79 Å². The highest BCUT2D eigenvalue weighted by molar-refractivity contribution is 6.00. The lowest BCUT2D eigenvalue weighted by atomic mass is 9.89. The number of piperidine rings is 1. The maximum absolute atomic E-state index is 13.2. The molecule has 1 aliphatic rings. The van der Waals surface area contributed by atoms with Crippen LogP contribution in [-0.4, -0.2) is 47.0 Å². The first-order valence-corrected chi connectivity index (χ1v) is 8.27. The molecule has 1 fully saturated rings. The van der Waals surface area contributed by atoms with Gasteiger partial charge in [0, 0.05) is 38.1 Å². The molecule has 1 aromatic carbocycles. The Bertz CT molecular complexity index is 749. The Hall–Kier alpha value is -2.96. The molecule has 1 unspecified atom stereocenters. The number of hydrogen-bond donors (Lipinski definition) is 1. The van der Waals surface area contributed by atoms with Gasteiger partial charge in [0.25, 0.3) is 5.91 Å². The van der Waals surface area contributed by atoms with Crippen molar-refractivity contribution >= 4 is 25.0 Å². The zero-order chi connectivity index (χ0) is 17.8. The Morgan fingerprint density at radius 2 is 2.08 bits per heavy atom. The van der Waals surface area contributed by atoms with Gasteiger partial charge in [-0.15, -0.1) is 0 Å². The number of likely N-dealkylation sites (tertiary alicyclic amines) is 1. The van der Waals surface area contributed by atoms with Gasteiger partial charge in [-0.3, -0.25) is 9.89 Å². The fraction of sp³-hybridized carbons (Fsp3) is 0.333. The van der Waals surface area contributed by atoms with E-state index in [1.165, 1.54) is 5.12 Å². The number of rotatable bonds is 5. The standard InChI is InChI=1S/C18H22N6O/c1-13-8-9-14(15-10-21-22-11-15)12-23(13)18(25)16-6-4-5-7-17(16)24(19-2)20-3/h4-7,10-11,13-14H,2-3,8-9,12H2,1H3,(H,21,22)/t13-,14?/m1/s1. The van der Waals surface area contributed by atoms with Crippen molar-refractivity contribution in [2.45, 2.75) is 31.7 Å². The SMILES string of the molecule is C=NN(N=C)c1ccccc1C(=O)N1CC(c2cn[nH]c2)CC[C@H]1C. The lowest BCUT2D eigenvalue weighted by Crippen LogP contribution is -2.45. The van der Waals surface area contributed by atoms with Crippen LogP contribution >= 0.6 is 0 Å². The second-order valence-electron chi connectivity index (χ2n) is 6.20. The zero-order valence-electron chi connectivity index (χ0n) is 14.3. The number of carbonyl (C=O) groups excluding carboxylic acids is 1. The topological polar surface area (TPSA) is 77.0 Å². The van der Waals surface area contributed by atoms with E-state index in [1.807, 2.05) is 29.4 Å². The summed E-state index contributed by atoms with van der Waals surface area (Å²) in [4.78, 5) is 15.2. The van der Waals surface area contributed by atoms with Gasteiger partial charge in [-0.25, -0.2) is 0 Å². The molecule has 7 nitrogen and oxygen atoms in total. The van der Waals surface area contributed by atoms with Crippen LogP contribution in [0, 0.1) is 0 Å². The van der Waals surface area contributed by atoms with Gasteiger partial charge in [0.15, 0.2) is 0 Å². The monoisotopic (exact) mass is 338 g/mol. The fourth-order valence-electron chi connectivity index (χ4n) is 3.33. The van der Waals surface area contributed by atoms with Crippen LogP contribution in [0.1, 0.15) is 41.6 Å². The van der Waals surface area contributed by atoms with Crippen molar-refractivity contribution in [2.24, 2.45) is 10.2 Å². The molecule has 2 heterocycles. The molecule has 1 aliphatic heterocycles. The highest BCUT2D eigenvalue weighted by atomic mass is 16.2. The van der Waals surface area contributed by atoms with Crippen molar-refractivity contribution in [3.05, 3.63) is 47.8 Å². The Labute approximate surface area is 147 Å². The van der Waals surface area contributed by atoms with Gasteiger partial charge in [0.05, 0.1) is 17.4 Å². The largest absolute Gasteiger partial charge is 0.335 e. The third-order valence-electron chi connectivity index (χ3n) is 4.75. The van der Waals surface area contributed by atoms with E-state index < -0.39 is 0 Å². The molecular formula is C18H22N6O. The molecule has 2 aromatic rings. The average molecular weight is 338 g/mol. The summed E-state index contributed by atoms with van der Waals surface area (Å²) in [6.07, 6.45) is 5.73. The third kappa shape index (κ3) is 3.31. The van der Waals surface area contributed by atoms with Gasteiger partial charge in [-0.05, 0) is 37.5 Å². The predicted molar refractivity (Wildman–Crippen MR) is 99.1 cm³/mol. The average Bonchev–Trinajstić information content (AvgIpc) is 3.18. The maximum Gasteiger partial charge on any atom is 0.256 e. The van der Waals surface area contributed by atoms with E-state index in [2.05, 4.69) is 40.8 Å². The van der Waals surface area contributed by atoms with Crippen LogP contribution in [0.4, 0.5) is 5.69 Å². The van der Waals surface area contributed by atoms with E-state index in [-0.39, 0.29) is 17.9 Å². The Morgan fingerprint density at radius 3 is 2.76 bits per heavy atom. The molecule has 0 spiro atoms. The number of hydrazone groups is 2. The molecule has 0 saturated carbocycles. The molecule has 2 atom stereocenters. The first kappa shape index (κ1) is 16.9. The highest BCUT2D eigenvalue weighted by Gasteiger charge is 2.32. The summed E-state index contributed by atoms with van der Waals surface area (Å²) in [6, 6.07) is 7.42. The number of amides is 1. The smallest absolute Gasteiger partial charge is 0.256 e. The molecule has 1 saturated heterocycles. The van der Waals surface area contributed by atoms with Crippen molar-refractivity contribution in [1.29, 1.82) is 0 Å². The number of carbonyl (C=O) groups is 1. The van der Waals surface area contributed by atoms with Gasteiger partial charge in [-0.1, -0.05) is 12.1 Å². The Balaban J connectivity index is 1.89. The third-order valence-corrected chi connectivity index (χ3v) is 4.75. The number of aromatic nitrogens is 2. The quantitative estimate of drug-likeness (QED) is 0.673. The summed E-state index contributed by atoms with van der Waals surface area (Å²) in [6.45, 7) is 9.73. The Kier molecular flexibility index (Phi) is 4.92. The van der Waals surface area contributed by atoms with Crippen LogP contribution in [0.2, 0.25) is 0 Å². The minimum atomic E-state index is -0.0337. The van der Waals surface area contributed by atoms with E-state index in [4.69, 9.17) is 0 Å². The van der Waals surface area contributed by atoms with Crippen LogP contribution in [0.25, 0.3) is 0 Å². The number of aromatic amines is 1. The molecule has 25 heavy (non-hydrogen) atoms. The minimum absolute atomic E-state index is 0.0337. The van der Waals surface area contributed by atoms with Crippen molar-refractivity contribution in [2.75, 3.05) is 11.7 Å². The van der Waals surface area contributed by atoms with Crippen molar-refractivity contribution in [1.82, 2.24) is 15.1 Å². The zero-order valence-corrected chi connectivity index (χ0v) is 14.3. The van der Waals surface area contributed by atoms with Gasteiger partial charge in [0.1, 0.15) is 0 Å². The first-order chi connectivity index (χ1) is 12.2. The number of benzene rings is 1. The molecule has 130 valence electrons. The van der Waals surface area contributed by atoms with Crippen LogP contribution < -0.4 is 5.12 Å². The molecule has 1 N–H and O–H groups in total. The molecule has 0 bridgehead atoms. The second-order valence-corrected chi connectivity index (χ2v) is 6.20. The minimum Gasteiger partial charge on any atom is -0.335 e. The number of hydrogen-bond acceptors (Lipinski definition) is 5. The predicted octanol–water partition coefficient (Wildman–Crippen LogP) is 2.86. The molecule has 3 rings (SSSR count). The van der Waals surface area contributed by atoms with E-state index in [0.717, 1.165) is 18.4 Å². The summed E-state index contributed by atoms with van der Waals surface area (Å²) in [5, 5.41) is 15.8. The molecule has 1 amide bonds. The van der Waals surface area contributed by atoms with E-state index in [0.29, 0.717) is 17.8 Å². The first-order valence-electron chi connectivity index (χ1n) is 8.27. The van der Waals surface area contributed by atoms with Crippen LogP contribution in [0.3, 0.4) is 0 Å². The summed E-state index contributed by atoms with van der Waals surface area (Å²) in [7, 11) is 0. The van der Waals surface area contributed by atoms with Gasteiger partial charge < -0.3 is 4.90 Å². The maximum atomic E-state index is 13.2. The van der Waals surface area contributed by atoms with Gasteiger partial charge in [0.2, 0.25) is 0 Å².